The van der Waals surface area contributed by atoms with Gasteiger partial charge in [-0.2, -0.15) is 0 Å². The van der Waals surface area contributed by atoms with Crippen LogP contribution in [0.25, 0.3) is 0 Å². The molecule has 0 unspecified atom stereocenters. The molecule has 4 heteroatoms. The van der Waals surface area contributed by atoms with Crippen molar-refractivity contribution in [3.63, 3.8) is 0 Å². The molecule has 11 heavy (non-hydrogen) atoms. The van der Waals surface area contributed by atoms with Crippen molar-refractivity contribution in [3.8, 4) is 0 Å². The molecule has 0 radical (unpaired) electrons. The first-order valence-corrected chi connectivity index (χ1v) is 3.53. The van der Waals surface area contributed by atoms with Crippen molar-refractivity contribution in [2.75, 3.05) is 13.7 Å². The first-order chi connectivity index (χ1) is 5.16. The van der Waals surface area contributed by atoms with Gasteiger partial charge in [-0.15, -0.1) is 0 Å². The Bertz CT molecular complexity index is 143. The van der Waals surface area contributed by atoms with Gasteiger partial charge in [0.05, 0.1) is 0 Å². The van der Waals surface area contributed by atoms with Crippen molar-refractivity contribution in [2.24, 2.45) is 11.1 Å². The molecule has 0 heterocycles. The van der Waals surface area contributed by atoms with Gasteiger partial charge >= 0.3 is 0 Å². The Morgan fingerprint density at radius 3 is 2.82 bits per heavy atom. The number of amides is 1. The molecule has 0 aromatic heterocycles. The lowest BCUT2D eigenvalue weighted by molar-refractivity contribution is -0.125. The zero-order chi connectivity index (χ0) is 8.69. The van der Waals surface area contributed by atoms with E-state index in [2.05, 4.69) is 15.3 Å². The number of hydrogen-bond acceptors (Lipinski definition) is 3. The highest BCUT2D eigenvalue weighted by Gasteiger charge is 1.94. The number of nitrogens with zero attached hydrogens (tertiary/aromatic N) is 1. The second kappa shape index (κ2) is 5.70. The van der Waals surface area contributed by atoms with E-state index in [4.69, 9.17) is 0 Å². The topological polar surface area (TPSA) is 50.7 Å². The average molecular weight is 158 g/mol. The first-order valence-electron chi connectivity index (χ1n) is 3.53. The van der Waals surface area contributed by atoms with E-state index >= 15 is 0 Å². The maximum atomic E-state index is 10.5. The maximum Gasteiger partial charge on any atom is 0.260 e. The third-order valence-electron chi connectivity index (χ3n) is 0.908. The molecule has 0 rings (SSSR count). The fraction of sp³-hybridized carbons (Fsp3) is 0.714. The summed E-state index contributed by atoms with van der Waals surface area (Å²) in [4.78, 5) is 15.2. The molecular formula is C7H14N2O2. The highest BCUT2D eigenvalue weighted by molar-refractivity contribution is 5.76. The Kier molecular flexibility index (Phi) is 5.15. The Hall–Kier alpha value is -1.06. The number of rotatable bonds is 4. The summed E-state index contributed by atoms with van der Waals surface area (Å²) in [6.07, 6.45) is 1.64. The Labute approximate surface area is 66.6 Å². The quantitative estimate of drug-likeness (QED) is 0.475. The zero-order valence-electron chi connectivity index (χ0n) is 7.13. The van der Waals surface area contributed by atoms with E-state index in [0.29, 0.717) is 5.92 Å². The van der Waals surface area contributed by atoms with Gasteiger partial charge in [0.25, 0.3) is 5.91 Å². The van der Waals surface area contributed by atoms with Crippen LogP contribution in [0, 0.1) is 5.92 Å². The summed E-state index contributed by atoms with van der Waals surface area (Å²) in [5, 5.41) is 5.99. The normalized spacial score (nSPS) is 10.5. The van der Waals surface area contributed by atoms with E-state index in [1.807, 2.05) is 13.8 Å². The van der Waals surface area contributed by atoms with E-state index < -0.39 is 0 Å². The van der Waals surface area contributed by atoms with Gasteiger partial charge in [0.15, 0.2) is 6.61 Å². The van der Waals surface area contributed by atoms with Gasteiger partial charge in [0, 0.05) is 13.3 Å². The third kappa shape index (κ3) is 6.83. The van der Waals surface area contributed by atoms with Crippen LogP contribution >= 0.6 is 0 Å². The molecule has 0 spiro atoms. The van der Waals surface area contributed by atoms with E-state index in [9.17, 15) is 4.79 Å². The molecule has 0 fully saturated rings. The van der Waals surface area contributed by atoms with Gasteiger partial charge in [-0.25, -0.2) is 0 Å². The average Bonchev–Trinajstić information content (AvgIpc) is 1.97. The van der Waals surface area contributed by atoms with Crippen molar-refractivity contribution in [1.29, 1.82) is 0 Å². The minimum absolute atomic E-state index is 0.0142. The van der Waals surface area contributed by atoms with Crippen LogP contribution in [-0.4, -0.2) is 25.8 Å². The molecule has 0 saturated heterocycles. The summed E-state index contributed by atoms with van der Waals surface area (Å²) in [6, 6.07) is 0. The van der Waals surface area contributed by atoms with Gasteiger partial charge in [-0.1, -0.05) is 19.0 Å². The monoisotopic (exact) mass is 158 g/mol. The van der Waals surface area contributed by atoms with Crippen molar-refractivity contribution >= 4 is 12.1 Å². The number of likely N-dealkylation sites (N-methyl/N-ethyl adjacent to an activating group) is 1. The summed E-state index contributed by atoms with van der Waals surface area (Å²) >= 11 is 0. The summed E-state index contributed by atoms with van der Waals surface area (Å²) in [7, 11) is 1.55. The summed E-state index contributed by atoms with van der Waals surface area (Å²) in [5.41, 5.74) is 0. The molecule has 64 valence electrons. The van der Waals surface area contributed by atoms with Crippen LogP contribution in [0.15, 0.2) is 5.16 Å². The largest absolute Gasteiger partial charge is 0.386 e. The van der Waals surface area contributed by atoms with E-state index in [1.165, 1.54) is 0 Å². The molecule has 0 aliphatic carbocycles. The van der Waals surface area contributed by atoms with E-state index in [-0.39, 0.29) is 12.5 Å². The molecule has 0 aromatic carbocycles. The standard InChI is InChI=1S/C7H14N2O2/c1-6(2)4-9-11-5-7(10)8-3/h4,6H,5H2,1-3H3,(H,8,10)/b9-4+. The lowest BCUT2D eigenvalue weighted by atomic mass is 10.3. The van der Waals surface area contributed by atoms with Crippen LogP contribution < -0.4 is 5.32 Å². The fourth-order valence-corrected chi connectivity index (χ4v) is 0.333. The first kappa shape index (κ1) is 9.94. The molecule has 0 bridgehead atoms. The third-order valence-corrected chi connectivity index (χ3v) is 0.908. The predicted octanol–water partition coefficient (Wildman–Crippen LogP) is 0.391. The van der Waals surface area contributed by atoms with Crippen LogP contribution in [0.1, 0.15) is 13.8 Å². The smallest absolute Gasteiger partial charge is 0.260 e. The van der Waals surface area contributed by atoms with Gasteiger partial charge < -0.3 is 10.2 Å². The van der Waals surface area contributed by atoms with Crippen LogP contribution in [0.5, 0.6) is 0 Å². The lowest BCUT2D eigenvalue weighted by Crippen LogP contribution is -2.22. The predicted molar refractivity (Wildman–Crippen MR) is 43.3 cm³/mol. The van der Waals surface area contributed by atoms with E-state index in [0.717, 1.165) is 0 Å². The van der Waals surface area contributed by atoms with Gasteiger partial charge in [-0.3, -0.25) is 4.79 Å². The van der Waals surface area contributed by atoms with Crippen LogP contribution in [0.3, 0.4) is 0 Å². The number of oxime groups is 1. The van der Waals surface area contributed by atoms with Crippen molar-refractivity contribution in [3.05, 3.63) is 0 Å². The molecular weight excluding hydrogens is 144 g/mol. The Morgan fingerprint density at radius 2 is 2.36 bits per heavy atom. The van der Waals surface area contributed by atoms with Crippen LogP contribution in [-0.2, 0) is 9.63 Å². The summed E-state index contributed by atoms with van der Waals surface area (Å²) in [6.45, 7) is 3.94. The Morgan fingerprint density at radius 1 is 1.73 bits per heavy atom. The van der Waals surface area contributed by atoms with Gasteiger partial charge in [-0.05, 0) is 5.92 Å². The van der Waals surface area contributed by atoms with Crippen LogP contribution in [0.2, 0.25) is 0 Å². The van der Waals surface area contributed by atoms with E-state index in [1.54, 1.807) is 13.3 Å². The zero-order valence-corrected chi connectivity index (χ0v) is 7.13. The van der Waals surface area contributed by atoms with Crippen LogP contribution in [0.4, 0.5) is 0 Å². The number of nitrogens with one attached hydrogen (secondary N) is 1. The maximum absolute atomic E-state index is 10.5. The molecule has 4 nitrogen and oxygen atoms in total. The molecule has 0 aliphatic heterocycles. The molecule has 0 saturated carbocycles. The minimum Gasteiger partial charge on any atom is -0.386 e. The second-order valence-corrected chi connectivity index (χ2v) is 2.45. The summed E-state index contributed by atoms with van der Waals surface area (Å²) in [5.74, 6) is 0.172. The van der Waals surface area contributed by atoms with Gasteiger partial charge in [0.1, 0.15) is 0 Å². The minimum atomic E-state index is -0.175. The molecule has 0 aliphatic rings. The SMILES string of the molecule is CNC(=O)CO/N=C/C(C)C. The molecule has 0 aromatic rings. The Balaban J connectivity index is 3.34. The molecule has 0 atom stereocenters. The number of carbonyl (C=O) groups is 1. The van der Waals surface area contributed by atoms with Crippen molar-refractivity contribution < 1.29 is 9.63 Å². The number of carbonyl (C=O) groups excluding carboxylic acids is 1. The molecule has 1 N–H and O–H groups in total. The van der Waals surface area contributed by atoms with Gasteiger partial charge in [0.2, 0.25) is 0 Å². The lowest BCUT2D eigenvalue weighted by Gasteiger charge is -1.97. The number of hydrogen-bond donors (Lipinski definition) is 1. The summed E-state index contributed by atoms with van der Waals surface area (Å²) < 4.78 is 0. The highest BCUT2D eigenvalue weighted by atomic mass is 16.6. The van der Waals surface area contributed by atoms with Crippen molar-refractivity contribution in [1.82, 2.24) is 5.32 Å². The van der Waals surface area contributed by atoms with Crippen molar-refractivity contribution in [2.45, 2.75) is 13.8 Å². The molecule has 1 amide bonds. The second-order valence-electron chi connectivity index (χ2n) is 2.45. The highest BCUT2D eigenvalue weighted by Crippen LogP contribution is 1.85. The fourth-order valence-electron chi connectivity index (χ4n) is 0.333.